The molecule has 0 saturated heterocycles. The number of hydrogen-bond acceptors (Lipinski definition) is 2. The molecule has 14 heavy (non-hydrogen) atoms. The number of hydrogen-bond donors (Lipinski definition) is 1. The highest BCUT2D eigenvalue weighted by Gasteiger charge is 2.11. The van der Waals surface area contributed by atoms with Gasteiger partial charge >= 0.3 is 0 Å². The standard InChI is InChI=1S/C12H15NO/c1-2-11(13)9-5-6-12-10(8-9)4-3-7-14-12/h2,5-6,8,11H,1,3-4,7,13H2. The van der Waals surface area contributed by atoms with E-state index >= 15 is 0 Å². The van der Waals surface area contributed by atoms with Gasteiger partial charge in [-0.2, -0.15) is 0 Å². The average molecular weight is 189 g/mol. The number of rotatable bonds is 2. The van der Waals surface area contributed by atoms with E-state index in [1.54, 1.807) is 6.08 Å². The van der Waals surface area contributed by atoms with E-state index < -0.39 is 0 Å². The van der Waals surface area contributed by atoms with Crippen molar-refractivity contribution < 1.29 is 4.74 Å². The summed E-state index contributed by atoms with van der Waals surface area (Å²) in [5, 5.41) is 0. The van der Waals surface area contributed by atoms with Crippen LogP contribution in [0.2, 0.25) is 0 Å². The first-order valence-corrected chi connectivity index (χ1v) is 4.95. The topological polar surface area (TPSA) is 35.2 Å². The lowest BCUT2D eigenvalue weighted by molar-refractivity contribution is 0.288. The van der Waals surface area contributed by atoms with Gasteiger partial charge in [0.15, 0.2) is 0 Å². The van der Waals surface area contributed by atoms with Gasteiger partial charge in [-0.3, -0.25) is 0 Å². The van der Waals surface area contributed by atoms with Crippen molar-refractivity contribution in [1.29, 1.82) is 0 Å². The number of aryl methyl sites for hydroxylation is 1. The molecule has 0 saturated carbocycles. The lowest BCUT2D eigenvalue weighted by Gasteiger charge is -2.18. The number of nitrogens with two attached hydrogens (primary N) is 1. The van der Waals surface area contributed by atoms with Crippen LogP contribution in [0.15, 0.2) is 30.9 Å². The summed E-state index contributed by atoms with van der Waals surface area (Å²) < 4.78 is 5.53. The van der Waals surface area contributed by atoms with Crippen molar-refractivity contribution in [2.75, 3.05) is 6.61 Å². The van der Waals surface area contributed by atoms with Crippen LogP contribution >= 0.6 is 0 Å². The molecule has 1 unspecified atom stereocenters. The first-order chi connectivity index (χ1) is 6.81. The predicted octanol–water partition coefficient (Wildman–Crippen LogP) is 2.20. The Morgan fingerprint density at radius 1 is 1.50 bits per heavy atom. The molecule has 1 heterocycles. The van der Waals surface area contributed by atoms with Crippen molar-refractivity contribution in [3.63, 3.8) is 0 Å². The zero-order valence-electron chi connectivity index (χ0n) is 8.20. The van der Waals surface area contributed by atoms with Crippen molar-refractivity contribution in [1.82, 2.24) is 0 Å². The third-order valence-corrected chi connectivity index (χ3v) is 2.57. The van der Waals surface area contributed by atoms with Crippen LogP contribution in [0.5, 0.6) is 5.75 Å². The maximum atomic E-state index is 5.87. The largest absolute Gasteiger partial charge is 0.493 e. The molecule has 2 heteroatoms. The summed E-state index contributed by atoms with van der Waals surface area (Å²) in [4.78, 5) is 0. The molecular weight excluding hydrogens is 174 g/mol. The van der Waals surface area contributed by atoms with Gasteiger partial charge in [0.2, 0.25) is 0 Å². The van der Waals surface area contributed by atoms with Gasteiger partial charge in [0, 0.05) is 6.04 Å². The summed E-state index contributed by atoms with van der Waals surface area (Å²) >= 11 is 0. The minimum Gasteiger partial charge on any atom is -0.493 e. The Morgan fingerprint density at radius 3 is 3.14 bits per heavy atom. The Kier molecular flexibility index (Phi) is 2.55. The summed E-state index contributed by atoms with van der Waals surface area (Å²) in [6, 6.07) is 6.08. The molecule has 1 aliphatic heterocycles. The highest BCUT2D eigenvalue weighted by Crippen LogP contribution is 2.27. The molecule has 1 aromatic rings. The van der Waals surface area contributed by atoms with Gasteiger partial charge in [-0.15, -0.1) is 6.58 Å². The van der Waals surface area contributed by atoms with Crippen LogP contribution in [0.25, 0.3) is 0 Å². The van der Waals surface area contributed by atoms with E-state index in [2.05, 4.69) is 12.6 Å². The first kappa shape index (κ1) is 9.28. The fraction of sp³-hybridized carbons (Fsp3) is 0.333. The van der Waals surface area contributed by atoms with E-state index in [9.17, 15) is 0 Å². The summed E-state index contributed by atoms with van der Waals surface area (Å²) in [5.41, 5.74) is 8.25. The molecule has 0 amide bonds. The lowest BCUT2D eigenvalue weighted by Crippen LogP contribution is -2.11. The predicted molar refractivity (Wildman–Crippen MR) is 57.4 cm³/mol. The fourth-order valence-corrected chi connectivity index (χ4v) is 1.72. The van der Waals surface area contributed by atoms with Gasteiger partial charge in [-0.25, -0.2) is 0 Å². The Bertz CT molecular complexity index is 346. The zero-order valence-corrected chi connectivity index (χ0v) is 8.20. The van der Waals surface area contributed by atoms with Crippen LogP contribution in [0, 0.1) is 0 Å². The molecule has 0 aromatic heterocycles. The van der Waals surface area contributed by atoms with E-state index in [4.69, 9.17) is 10.5 Å². The quantitative estimate of drug-likeness (QED) is 0.724. The maximum absolute atomic E-state index is 5.87. The molecule has 0 bridgehead atoms. The van der Waals surface area contributed by atoms with Gasteiger partial charge in [0.25, 0.3) is 0 Å². The van der Waals surface area contributed by atoms with Crippen molar-refractivity contribution in [2.24, 2.45) is 5.73 Å². The number of fused-ring (bicyclic) bond motifs is 1. The maximum Gasteiger partial charge on any atom is 0.122 e. The van der Waals surface area contributed by atoms with Crippen LogP contribution in [-0.4, -0.2) is 6.61 Å². The second-order valence-electron chi connectivity index (χ2n) is 3.58. The van der Waals surface area contributed by atoms with Crippen molar-refractivity contribution in [3.05, 3.63) is 42.0 Å². The first-order valence-electron chi connectivity index (χ1n) is 4.95. The third-order valence-electron chi connectivity index (χ3n) is 2.57. The summed E-state index contributed by atoms with van der Waals surface area (Å²) in [6.45, 7) is 4.53. The van der Waals surface area contributed by atoms with Crippen LogP contribution in [0.3, 0.4) is 0 Å². The molecular formula is C12H15NO. The van der Waals surface area contributed by atoms with Crippen LogP contribution in [0.4, 0.5) is 0 Å². The van der Waals surface area contributed by atoms with Crippen molar-refractivity contribution >= 4 is 0 Å². The second-order valence-corrected chi connectivity index (χ2v) is 3.58. The van der Waals surface area contributed by atoms with Gasteiger partial charge in [0.1, 0.15) is 5.75 Å². The summed E-state index contributed by atoms with van der Waals surface area (Å²) in [5.74, 6) is 1.01. The van der Waals surface area contributed by atoms with Crippen molar-refractivity contribution in [2.45, 2.75) is 18.9 Å². The molecule has 0 aliphatic carbocycles. The van der Waals surface area contributed by atoms with E-state index in [-0.39, 0.29) is 6.04 Å². The van der Waals surface area contributed by atoms with Crippen LogP contribution < -0.4 is 10.5 Å². The Morgan fingerprint density at radius 2 is 2.36 bits per heavy atom. The molecule has 2 rings (SSSR count). The van der Waals surface area contributed by atoms with Gasteiger partial charge < -0.3 is 10.5 Å². The molecule has 0 fully saturated rings. The van der Waals surface area contributed by atoms with Crippen LogP contribution in [0.1, 0.15) is 23.6 Å². The van der Waals surface area contributed by atoms with Gasteiger partial charge in [0.05, 0.1) is 6.61 Å². The SMILES string of the molecule is C=CC(N)c1ccc2c(c1)CCCO2. The molecule has 1 atom stereocenters. The second kappa shape index (κ2) is 3.84. The number of ether oxygens (including phenoxy) is 1. The molecule has 2 N–H and O–H groups in total. The fourth-order valence-electron chi connectivity index (χ4n) is 1.72. The molecule has 0 spiro atoms. The minimum absolute atomic E-state index is 0.0674. The van der Waals surface area contributed by atoms with Crippen LogP contribution in [-0.2, 0) is 6.42 Å². The normalized spacial score (nSPS) is 16.6. The highest BCUT2D eigenvalue weighted by molar-refractivity contribution is 5.40. The Labute approximate surface area is 84.4 Å². The average Bonchev–Trinajstić information content (AvgIpc) is 2.27. The highest BCUT2D eigenvalue weighted by atomic mass is 16.5. The smallest absolute Gasteiger partial charge is 0.122 e. The molecule has 1 aliphatic rings. The third kappa shape index (κ3) is 1.66. The molecule has 1 aromatic carbocycles. The van der Waals surface area contributed by atoms with E-state index in [1.165, 1.54) is 5.56 Å². The van der Waals surface area contributed by atoms with Gasteiger partial charge in [-0.05, 0) is 30.0 Å². The summed E-state index contributed by atoms with van der Waals surface area (Å²) in [7, 11) is 0. The zero-order chi connectivity index (χ0) is 9.97. The monoisotopic (exact) mass is 189 g/mol. The lowest BCUT2D eigenvalue weighted by atomic mass is 10.00. The minimum atomic E-state index is -0.0674. The Balaban J connectivity index is 2.33. The van der Waals surface area contributed by atoms with E-state index in [0.29, 0.717) is 0 Å². The van der Waals surface area contributed by atoms with E-state index in [0.717, 1.165) is 30.8 Å². The Hall–Kier alpha value is -1.28. The summed E-state index contributed by atoms with van der Waals surface area (Å²) in [6.07, 6.45) is 3.94. The number of benzene rings is 1. The molecule has 0 radical (unpaired) electrons. The molecule has 74 valence electrons. The molecule has 2 nitrogen and oxygen atoms in total. The van der Waals surface area contributed by atoms with Gasteiger partial charge in [-0.1, -0.05) is 18.2 Å². The van der Waals surface area contributed by atoms with E-state index in [1.807, 2.05) is 12.1 Å². The van der Waals surface area contributed by atoms with Crippen molar-refractivity contribution in [3.8, 4) is 5.75 Å².